The molecule has 0 fully saturated rings. The van der Waals surface area contributed by atoms with Gasteiger partial charge in [-0.05, 0) is 6.42 Å². The summed E-state index contributed by atoms with van der Waals surface area (Å²) in [4.78, 5) is 11.5. The van der Waals surface area contributed by atoms with Gasteiger partial charge in [0.1, 0.15) is 0 Å². The fourth-order valence-electron chi connectivity index (χ4n) is 1.35. The largest absolute Gasteiger partial charge is 0.465 e. The Morgan fingerprint density at radius 2 is 1.86 bits per heavy atom. The fraction of sp³-hybridized carbons (Fsp3) is 0.889. The van der Waals surface area contributed by atoms with E-state index >= 15 is 0 Å². The van der Waals surface area contributed by atoms with Crippen LogP contribution in [0.4, 0.5) is 0 Å². The lowest BCUT2D eigenvalue weighted by Gasteiger charge is -2.32. The molecule has 0 aromatic heterocycles. The summed E-state index contributed by atoms with van der Waals surface area (Å²) in [5.41, 5.74) is 5.81. The number of ether oxygens (including phenoxy) is 3. The van der Waals surface area contributed by atoms with Gasteiger partial charge in [0.05, 0.1) is 13.2 Å². The molecule has 5 nitrogen and oxygen atoms in total. The molecule has 0 radical (unpaired) electrons. The zero-order valence-electron chi connectivity index (χ0n) is 9.20. The molecular formula is C9H19NO4. The van der Waals surface area contributed by atoms with Gasteiger partial charge >= 0.3 is 5.97 Å². The Kier molecular flexibility index (Phi) is 5.68. The number of nitrogens with two attached hydrogens (primary N) is 1. The summed E-state index contributed by atoms with van der Waals surface area (Å²) >= 11 is 0. The SMILES string of the molecule is CCCC(N)C(OC)(OC)C(=O)OC. The lowest BCUT2D eigenvalue weighted by atomic mass is 10.0. The Hall–Kier alpha value is -0.650. The topological polar surface area (TPSA) is 70.8 Å². The highest BCUT2D eigenvalue weighted by Crippen LogP contribution is 2.20. The van der Waals surface area contributed by atoms with Crippen molar-refractivity contribution in [2.45, 2.75) is 31.6 Å². The third kappa shape index (κ3) is 2.43. The molecule has 0 rings (SSSR count). The normalized spacial score (nSPS) is 13.8. The van der Waals surface area contributed by atoms with Crippen LogP contribution in [0.1, 0.15) is 19.8 Å². The monoisotopic (exact) mass is 205 g/mol. The molecule has 0 saturated heterocycles. The van der Waals surface area contributed by atoms with Crippen molar-refractivity contribution in [1.29, 1.82) is 0 Å². The average Bonchev–Trinajstić information content (AvgIpc) is 2.20. The quantitative estimate of drug-likeness (QED) is 0.498. The van der Waals surface area contributed by atoms with Gasteiger partial charge in [0.2, 0.25) is 0 Å². The highest BCUT2D eigenvalue weighted by atomic mass is 16.7. The number of esters is 1. The third-order valence-electron chi connectivity index (χ3n) is 2.16. The van der Waals surface area contributed by atoms with Crippen LogP contribution in [0.2, 0.25) is 0 Å². The Labute approximate surface area is 84.5 Å². The van der Waals surface area contributed by atoms with Crippen molar-refractivity contribution in [3.05, 3.63) is 0 Å². The van der Waals surface area contributed by atoms with E-state index in [2.05, 4.69) is 4.74 Å². The van der Waals surface area contributed by atoms with Gasteiger partial charge in [-0.2, -0.15) is 0 Å². The first-order valence-electron chi connectivity index (χ1n) is 4.53. The second kappa shape index (κ2) is 5.95. The number of rotatable bonds is 6. The van der Waals surface area contributed by atoms with Gasteiger partial charge in [-0.15, -0.1) is 0 Å². The zero-order chi connectivity index (χ0) is 11.2. The van der Waals surface area contributed by atoms with Crippen LogP contribution in [-0.4, -0.2) is 39.1 Å². The van der Waals surface area contributed by atoms with Crippen molar-refractivity contribution in [2.24, 2.45) is 5.73 Å². The molecule has 0 aliphatic carbocycles. The van der Waals surface area contributed by atoms with E-state index in [4.69, 9.17) is 15.2 Å². The molecule has 1 atom stereocenters. The minimum atomic E-state index is -1.48. The molecular weight excluding hydrogens is 186 g/mol. The fourth-order valence-corrected chi connectivity index (χ4v) is 1.35. The minimum Gasteiger partial charge on any atom is -0.465 e. The van der Waals surface area contributed by atoms with Crippen molar-refractivity contribution in [3.8, 4) is 0 Å². The Morgan fingerprint density at radius 1 is 1.36 bits per heavy atom. The highest BCUT2D eigenvalue weighted by Gasteiger charge is 2.46. The Morgan fingerprint density at radius 3 is 2.14 bits per heavy atom. The van der Waals surface area contributed by atoms with Crippen molar-refractivity contribution < 1.29 is 19.0 Å². The molecule has 0 heterocycles. The van der Waals surface area contributed by atoms with E-state index in [1.807, 2.05) is 6.92 Å². The smallest absolute Gasteiger partial charge is 0.368 e. The third-order valence-corrected chi connectivity index (χ3v) is 2.16. The van der Waals surface area contributed by atoms with E-state index in [1.54, 1.807) is 0 Å². The molecule has 0 saturated carbocycles. The van der Waals surface area contributed by atoms with Gasteiger partial charge in [0.15, 0.2) is 0 Å². The van der Waals surface area contributed by atoms with Crippen molar-refractivity contribution in [1.82, 2.24) is 0 Å². The Bertz CT molecular complexity index is 180. The van der Waals surface area contributed by atoms with E-state index in [0.29, 0.717) is 6.42 Å². The van der Waals surface area contributed by atoms with E-state index < -0.39 is 17.8 Å². The summed E-state index contributed by atoms with van der Waals surface area (Å²) < 4.78 is 14.7. The molecule has 2 N–H and O–H groups in total. The number of carbonyl (C=O) groups excluding carboxylic acids is 1. The predicted molar refractivity (Wildman–Crippen MR) is 51.6 cm³/mol. The molecule has 0 aromatic carbocycles. The second-order valence-electron chi connectivity index (χ2n) is 2.96. The maximum atomic E-state index is 11.5. The van der Waals surface area contributed by atoms with Crippen LogP contribution in [0.15, 0.2) is 0 Å². The number of hydrogen-bond acceptors (Lipinski definition) is 5. The molecule has 14 heavy (non-hydrogen) atoms. The van der Waals surface area contributed by atoms with Crippen LogP contribution in [-0.2, 0) is 19.0 Å². The molecule has 5 heteroatoms. The van der Waals surface area contributed by atoms with Crippen LogP contribution in [0.3, 0.4) is 0 Å². The van der Waals surface area contributed by atoms with Crippen molar-refractivity contribution >= 4 is 5.97 Å². The standard InChI is InChI=1S/C9H19NO4/c1-5-6-7(10)9(13-3,14-4)8(11)12-2/h7H,5-6,10H2,1-4H3. The van der Waals surface area contributed by atoms with Crippen LogP contribution >= 0.6 is 0 Å². The maximum absolute atomic E-state index is 11.5. The summed E-state index contributed by atoms with van der Waals surface area (Å²) in [6.45, 7) is 1.97. The van der Waals surface area contributed by atoms with Crippen LogP contribution in [0, 0.1) is 0 Å². The minimum absolute atomic E-state index is 0.532. The first-order chi connectivity index (χ1) is 6.58. The highest BCUT2D eigenvalue weighted by molar-refractivity contribution is 5.78. The second-order valence-corrected chi connectivity index (χ2v) is 2.96. The molecule has 0 amide bonds. The van der Waals surface area contributed by atoms with E-state index in [9.17, 15) is 4.79 Å². The number of methoxy groups -OCH3 is 3. The molecule has 0 aromatic rings. The van der Waals surface area contributed by atoms with Crippen LogP contribution in [0.5, 0.6) is 0 Å². The molecule has 84 valence electrons. The molecule has 0 bridgehead atoms. The molecule has 0 aliphatic heterocycles. The van der Waals surface area contributed by atoms with Crippen LogP contribution < -0.4 is 5.73 Å². The van der Waals surface area contributed by atoms with Gasteiger partial charge in [-0.1, -0.05) is 13.3 Å². The molecule has 0 spiro atoms. The first kappa shape index (κ1) is 13.4. The summed E-state index contributed by atoms with van der Waals surface area (Å²) in [7, 11) is 4.01. The molecule has 1 unspecified atom stereocenters. The average molecular weight is 205 g/mol. The summed E-state index contributed by atoms with van der Waals surface area (Å²) in [6, 6.07) is -0.532. The lowest BCUT2D eigenvalue weighted by molar-refractivity contribution is -0.236. The van der Waals surface area contributed by atoms with Gasteiger partial charge in [-0.3, -0.25) is 0 Å². The van der Waals surface area contributed by atoms with Crippen molar-refractivity contribution in [3.63, 3.8) is 0 Å². The summed E-state index contributed by atoms with van der Waals surface area (Å²) in [5, 5.41) is 0. The summed E-state index contributed by atoms with van der Waals surface area (Å²) in [6.07, 6.45) is 1.46. The number of carbonyl (C=O) groups is 1. The van der Waals surface area contributed by atoms with Gasteiger partial charge in [0.25, 0.3) is 5.79 Å². The maximum Gasteiger partial charge on any atom is 0.368 e. The molecule has 0 aliphatic rings. The van der Waals surface area contributed by atoms with Crippen LogP contribution in [0.25, 0.3) is 0 Å². The lowest BCUT2D eigenvalue weighted by Crippen LogP contribution is -2.57. The number of hydrogen-bond donors (Lipinski definition) is 1. The first-order valence-corrected chi connectivity index (χ1v) is 4.53. The van der Waals surface area contributed by atoms with Gasteiger partial charge in [-0.25, -0.2) is 4.79 Å². The van der Waals surface area contributed by atoms with E-state index in [-0.39, 0.29) is 0 Å². The van der Waals surface area contributed by atoms with Gasteiger partial charge in [0, 0.05) is 14.2 Å². The van der Waals surface area contributed by atoms with Crippen molar-refractivity contribution in [2.75, 3.05) is 21.3 Å². The van der Waals surface area contributed by atoms with Gasteiger partial charge < -0.3 is 19.9 Å². The van der Waals surface area contributed by atoms with E-state index in [0.717, 1.165) is 6.42 Å². The summed E-state index contributed by atoms with van der Waals surface area (Å²) in [5.74, 6) is -2.09. The van der Waals surface area contributed by atoms with E-state index in [1.165, 1.54) is 21.3 Å². The predicted octanol–water partition coefficient (Wildman–Crippen LogP) is 0.276. The zero-order valence-corrected chi connectivity index (χ0v) is 9.20. The Balaban J connectivity index is 4.76.